The Morgan fingerprint density at radius 3 is 2.41 bits per heavy atom. The topological polar surface area (TPSA) is 75.9 Å². The Morgan fingerprint density at radius 1 is 0.906 bits per heavy atom. The van der Waals surface area contributed by atoms with Crippen molar-refractivity contribution in [3.05, 3.63) is 84.4 Å². The molecule has 5 rings (SSSR count). The molecule has 2 aromatic carbocycles. The number of aromatic nitrogens is 4. The van der Waals surface area contributed by atoms with Crippen LogP contribution in [-0.4, -0.2) is 38.5 Å². The van der Waals surface area contributed by atoms with Crippen molar-refractivity contribution in [2.45, 2.75) is 25.9 Å². The van der Waals surface area contributed by atoms with Gasteiger partial charge in [-0.25, -0.2) is 15.0 Å². The number of piperidine rings is 1. The van der Waals surface area contributed by atoms with Crippen LogP contribution < -0.4 is 10.2 Å². The summed E-state index contributed by atoms with van der Waals surface area (Å²) in [6.45, 7) is 2.94. The number of nitrogens with one attached hydrogen (secondary N) is 1. The summed E-state index contributed by atoms with van der Waals surface area (Å²) in [7, 11) is 0. The summed E-state index contributed by atoms with van der Waals surface area (Å²) in [4.78, 5) is 27.8. The summed E-state index contributed by atoms with van der Waals surface area (Å²) < 4.78 is 2.15. The SMILES string of the molecule is O=C(NCc1ccc(Cn2cnc3ccccc32)cc1)C1CCN(c2ncccn2)CC1. The Labute approximate surface area is 187 Å². The van der Waals surface area contributed by atoms with Crippen LogP contribution in [0.3, 0.4) is 0 Å². The lowest BCUT2D eigenvalue weighted by Crippen LogP contribution is -2.41. The van der Waals surface area contributed by atoms with E-state index < -0.39 is 0 Å². The van der Waals surface area contributed by atoms with Crippen molar-refractivity contribution in [2.24, 2.45) is 5.92 Å². The van der Waals surface area contributed by atoms with E-state index >= 15 is 0 Å². The predicted octanol–water partition coefficient (Wildman–Crippen LogP) is 3.41. The molecule has 0 aliphatic carbocycles. The van der Waals surface area contributed by atoms with Crippen LogP contribution in [-0.2, 0) is 17.9 Å². The van der Waals surface area contributed by atoms with Gasteiger partial charge < -0.3 is 14.8 Å². The number of hydrogen-bond donors (Lipinski definition) is 1. The molecule has 1 N–H and O–H groups in total. The number of fused-ring (bicyclic) bond motifs is 1. The Kier molecular flexibility index (Phi) is 5.79. The van der Waals surface area contributed by atoms with Gasteiger partial charge in [0.05, 0.1) is 17.4 Å². The van der Waals surface area contributed by atoms with E-state index in [-0.39, 0.29) is 11.8 Å². The zero-order valence-corrected chi connectivity index (χ0v) is 17.9. The third-order valence-corrected chi connectivity index (χ3v) is 6.07. The van der Waals surface area contributed by atoms with Crippen molar-refractivity contribution in [2.75, 3.05) is 18.0 Å². The van der Waals surface area contributed by atoms with Gasteiger partial charge in [0.25, 0.3) is 0 Å². The molecule has 3 heterocycles. The largest absolute Gasteiger partial charge is 0.352 e. The Bertz CT molecular complexity index is 1180. The molecule has 1 saturated heterocycles. The van der Waals surface area contributed by atoms with Crippen molar-refractivity contribution in [3.8, 4) is 0 Å². The van der Waals surface area contributed by atoms with Gasteiger partial charge in [-0.1, -0.05) is 36.4 Å². The van der Waals surface area contributed by atoms with Gasteiger partial charge in [0.1, 0.15) is 0 Å². The average Bonchev–Trinajstić information content (AvgIpc) is 3.27. The number of anilines is 1. The zero-order valence-electron chi connectivity index (χ0n) is 17.9. The zero-order chi connectivity index (χ0) is 21.8. The Balaban J connectivity index is 1.12. The number of benzene rings is 2. The molecule has 1 fully saturated rings. The second kappa shape index (κ2) is 9.18. The van der Waals surface area contributed by atoms with Crippen LogP contribution in [0.15, 0.2) is 73.3 Å². The van der Waals surface area contributed by atoms with Crippen molar-refractivity contribution < 1.29 is 4.79 Å². The van der Waals surface area contributed by atoms with Crippen LogP contribution in [0.5, 0.6) is 0 Å². The highest BCUT2D eigenvalue weighted by Crippen LogP contribution is 2.20. The van der Waals surface area contributed by atoms with E-state index in [1.807, 2.05) is 30.6 Å². The van der Waals surface area contributed by atoms with Gasteiger partial charge in [-0.05, 0) is 42.2 Å². The normalized spacial score (nSPS) is 14.6. The van der Waals surface area contributed by atoms with Gasteiger partial charge >= 0.3 is 0 Å². The summed E-state index contributed by atoms with van der Waals surface area (Å²) in [5.74, 6) is 0.923. The van der Waals surface area contributed by atoms with Crippen LogP contribution in [0.2, 0.25) is 0 Å². The third-order valence-electron chi connectivity index (χ3n) is 6.07. The fourth-order valence-electron chi connectivity index (χ4n) is 4.23. The maximum Gasteiger partial charge on any atom is 0.225 e. The molecule has 1 aliphatic rings. The van der Waals surface area contributed by atoms with E-state index in [1.54, 1.807) is 12.4 Å². The number of carbonyl (C=O) groups is 1. The summed E-state index contributed by atoms with van der Waals surface area (Å²) in [6, 6.07) is 18.4. The van der Waals surface area contributed by atoms with Crippen LogP contribution in [0, 0.1) is 5.92 Å². The second-order valence-corrected chi connectivity index (χ2v) is 8.21. The molecule has 7 heteroatoms. The van der Waals surface area contributed by atoms with Crippen LogP contribution >= 0.6 is 0 Å². The van der Waals surface area contributed by atoms with E-state index in [0.29, 0.717) is 6.54 Å². The number of rotatable bonds is 6. The third kappa shape index (κ3) is 4.46. The van der Waals surface area contributed by atoms with Crippen LogP contribution in [0.1, 0.15) is 24.0 Å². The summed E-state index contributed by atoms with van der Waals surface area (Å²) in [6.07, 6.45) is 7.03. The first-order chi connectivity index (χ1) is 15.8. The van der Waals surface area contributed by atoms with Crippen molar-refractivity contribution in [1.82, 2.24) is 24.8 Å². The highest BCUT2D eigenvalue weighted by Gasteiger charge is 2.25. The van der Waals surface area contributed by atoms with Gasteiger partial charge in [0.2, 0.25) is 11.9 Å². The molecule has 0 bridgehead atoms. The van der Waals surface area contributed by atoms with Gasteiger partial charge in [-0.2, -0.15) is 0 Å². The minimum atomic E-state index is 0.0451. The van der Waals surface area contributed by atoms with E-state index in [0.717, 1.165) is 55.0 Å². The number of para-hydroxylation sites is 2. The maximum absolute atomic E-state index is 12.6. The summed E-state index contributed by atoms with van der Waals surface area (Å²) in [5, 5.41) is 3.11. The molecule has 2 aromatic heterocycles. The molecular formula is C25H26N6O. The van der Waals surface area contributed by atoms with Crippen molar-refractivity contribution in [3.63, 3.8) is 0 Å². The van der Waals surface area contributed by atoms with E-state index in [4.69, 9.17) is 0 Å². The summed E-state index contributed by atoms with van der Waals surface area (Å²) >= 11 is 0. The molecule has 0 radical (unpaired) electrons. The molecule has 0 spiro atoms. The van der Waals surface area contributed by atoms with Crippen LogP contribution in [0.4, 0.5) is 5.95 Å². The molecular weight excluding hydrogens is 400 g/mol. The van der Waals surface area contributed by atoms with Gasteiger partial charge in [0.15, 0.2) is 0 Å². The van der Waals surface area contributed by atoms with Crippen molar-refractivity contribution in [1.29, 1.82) is 0 Å². The molecule has 7 nitrogen and oxygen atoms in total. The lowest BCUT2D eigenvalue weighted by atomic mass is 9.96. The first-order valence-corrected chi connectivity index (χ1v) is 11.0. The highest BCUT2D eigenvalue weighted by molar-refractivity contribution is 5.79. The molecule has 4 aromatic rings. The van der Waals surface area contributed by atoms with Gasteiger partial charge in [0, 0.05) is 44.5 Å². The molecule has 1 amide bonds. The predicted molar refractivity (Wildman–Crippen MR) is 124 cm³/mol. The molecule has 1 aliphatic heterocycles. The first-order valence-electron chi connectivity index (χ1n) is 11.0. The molecule has 32 heavy (non-hydrogen) atoms. The second-order valence-electron chi connectivity index (χ2n) is 8.21. The number of amides is 1. The fourth-order valence-corrected chi connectivity index (χ4v) is 4.23. The minimum Gasteiger partial charge on any atom is -0.352 e. The first kappa shape index (κ1) is 20.2. The Morgan fingerprint density at radius 2 is 1.62 bits per heavy atom. The molecule has 0 saturated carbocycles. The van der Waals surface area contributed by atoms with Crippen molar-refractivity contribution >= 4 is 22.9 Å². The molecule has 162 valence electrons. The van der Waals surface area contributed by atoms with E-state index in [2.05, 4.69) is 60.1 Å². The van der Waals surface area contributed by atoms with Gasteiger partial charge in [-0.15, -0.1) is 0 Å². The number of imidazole rings is 1. The number of carbonyl (C=O) groups excluding carboxylic acids is 1. The van der Waals surface area contributed by atoms with E-state index in [1.165, 1.54) is 5.56 Å². The maximum atomic E-state index is 12.6. The molecule has 0 atom stereocenters. The lowest BCUT2D eigenvalue weighted by molar-refractivity contribution is -0.125. The quantitative estimate of drug-likeness (QED) is 0.511. The van der Waals surface area contributed by atoms with E-state index in [9.17, 15) is 4.79 Å². The minimum absolute atomic E-state index is 0.0451. The standard InChI is InChI=1S/C25H26N6O/c32-24(21-10-14-30(15-11-21)25-26-12-3-13-27-25)28-16-19-6-8-20(9-7-19)17-31-18-29-22-4-1-2-5-23(22)31/h1-9,12-13,18,21H,10-11,14-17H2,(H,28,32). The van der Waals surface area contributed by atoms with Gasteiger partial charge in [-0.3, -0.25) is 4.79 Å². The highest BCUT2D eigenvalue weighted by atomic mass is 16.1. The lowest BCUT2D eigenvalue weighted by Gasteiger charge is -2.31. The smallest absolute Gasteiger partial charge is 0.225 e. The molecule has 0 unspecified atom stereocenters. The number of nitrogens with zero attached hydrogens (tertiary/aromatic N) is 5. The number of hydrogen-bond acceptors (Lipinski definition) is 5. The van der Waals surface area contributed by atoms with Crippen LogP contribution in [0.25, 0.3) is 11.0 Å². The average molecular weight is 427 g/mol. The Hall–Kier alpha value is -3.74. The summed E-state index contributed by atoms with van der Waals surface area (Å²) in [5.41, 5.74) is 4.45. The monoisotopic (exact) mass is 426 g/mol. The fraction of sp³-hybridized carbons (Fsp3) is 0.280.